The van der Waals surface area contributed by atoms with Crippen molar-refractivity contribution in [2.24, 2.45) is 0 Å². The average Bonchev–Trinajstić information content (AvgIpc) is 2.59. The average molecular weight is 406 g/mol. The minimum absolute atomic E-state index is 0.145. The molecule has 5 heteroatoms. The zero-order valence-corrected chi connectivity index (χ0v) is 16.3. The minimum atomic E-state index is -0.747. The first-order valence-corrected chi connectivity index (χ1v) is 9.14. The Morgan fingerprint density at radius 3 is 2.36 bits per heavy atom. The van der Waals surface area contributed by atoms with Crippen LogP contribution in [0.3, 0.4) is 0 Å². The number of hydrogen-bond donors (Lipinski definition) is 2. The molecular formula is C20H24BrNO3. The van der Waals surface area contributed by atoms with Crippen LogP contribution in [0.1, 0.15) is 43.9 Å². The standard InChI is InChI=1S/C20H24BrNO3/c1-13(2)15-7-9-16(10-8-15)19(23)12-22-20(24)14(3)25-18-6-4-5-17(21)11-18/h4-11,13-14,19,23H,12H2,1-3H3,(H,22,24). The molecule has 134 valence electrons. The molecular weight excluding hydrogens is 382 g/mol. The van der Waals surface area contributed by atoms with E-state index in [0.717, 1.165) is 10.0 Å². The molecule has 2 rings (SSSR count). The van der Waals surface area contributed by atoms with Gasteiger partial charge in [-0.15, -0.1) is 0 Å². The minimum Gasteiger partial charge on any atom is -0.481 e. The molecule has 2 aromatic carbocycles. The maximum atomic E-state index is 12.2. The first-order chi connectivity index (χ1) is 11.9. The first-order valence-electron chi connectivity index (χ1n) is 8.34. The second-order valence-corrected chi connectivity index (χ2v) is 7.22. The molecule has 0 saturated heterocycles. The molecule has 0 fully saturated rings. The molecule has 25 heavy (non-hydrogen) atoms. The van der Waals surface area contributed by atoms with Crippen LogP contribution in [0.25, 0.3) is 0 Å². The summed E-state index contributed by atoms with van der Waals surface area (Å²) in [4.78, 5) is 12.2. The van der Waals surface area contributed by atoms with Crippen molar-refractivity contribution < 1.29 is 14.6 Å². The highest BCUT2D eigenvalue weighted by Gasteiger charge is 2.16. The highest BCUT2D eigenvalue weighted by Crippen LogP contribution is 2.20. The molecule has 0 heterocycles. The summed E-state index contributed by atoms with van der Waals surface area (Å²) in [7, 11) is 0. The van der Waals surface area contributed by atoms with Crippen LogP contribution in [0.15, 0.2) is 53.0 Å². The third-order valence-corrected chi connectivity index (χ3v) is 4.43. The van der Waals surface area contributed by atoms with Crippen LogP contribution < -0.4 is 10.1 Å². The van der Waals surface area contributed by atoms with E-state index in [1.54, 1.807) is 19.1 Å². The summed E-state index contributed by atoms with van der Waals surface area (Å²) >= 11 is 3.37. The lowest BCUT2D eigenvalue weighted by Crippen LogP contribution is -2.38. The Morgan fingerprint density at radius 2 is 1.76 bits per heavy atom. The van der Waals surface area contributed by atoms with E-state index in [1.807, 2.05) is 36.4 Å². The molecule has 2 aromatic rings. The predicted molar refractivity (Wildman–Crippen MR) is 103 cm³/mol. The van der Waals surface area contributed by atoms with Crippen molar-refractivity contribution in [3.8, 4) is 5.75 Å². The van der Waals surface area contributed by atoms with E-state index in [1.165, 1.54) is 5.56 Å². The third kappa shape index (κ3) is 5.87. The highest BCUT2D eigenvalue weighted by molar-refractivity contribution is 9.10. The van der Waals surface area contributed by atoms with Gasteiger partial charge < -0.3 is 15.2 Å². The maximum Gasteiger partial charge on any atom is 0.260 e. The van der Waals surface area contributed by atoms with Gasteiger partial charge in [0.15, 0.2) is 6.10 Å². The fraction of sp³-hybridized carbons (Fsp3) is 0.350. The quantitative estimate of drug-likeness (QED) is 0.725. The molecule has 0 saturated carbocycles. The molecule has 0 radical (unpaired) electrons. The van der Waals surface area contributed by atoms with Crippen molar-refractivity contribution in [1.29, 1.82) is 0 Å². The summed E-state index contributed by atoms with van der Waals surface area (Å²) in [5.74, 6) is 0.793. The van der Waals surface area contributed by atoms with Gasteiger partial charge in [0.2, 0.25) is 0 Å². The van der Waals surface area contributed by atoms with Gasteiger partial charge in [-0.3, -0.25) is 4.79 Å². The largest absolute Gasteiger partial charge is 0.481 e. The van der Waals surface area contributed by atoms with Gasteiger partial charge >= 0.3 is 0 Å². The topological polar surface area (TPSA) is 58.6 Å². The summed E-state index contributed by atoms with van der Waals surface area (Å²) in [5.41, 5.74) is 2.00. The van der Waals surface area contributed by atoms with Crippen LogP contribution >= 0.6 is 15.9 Å². The second-order valence-electron chi connectivity index (χ2n) is 6.30. The monoisotopic (exact) mass is 405 g/mol. The molecule has 2 N–H and O–H groups in total. The van der Waals surface area contributed by atoms with Crippen LogP contribution in [0.4, 0.5) is 0 Å². The molecule has 0 aliphatic rings. The summed E-state index contributed by atoms with van der Waals surface area (Å²) in [5, 5.41) is 13.0. The fourth-order valence-electron chi connectivity index (χ4n) is 2.36. The summed E-state index contributed by atoms with van der Waals surface area (Å²) in [6, 6.07) is 15.1. The predicted octanol–water partition coefficient (Wildman–Crippen LogP) is 4.19. The van der Waals surface area contributed by atoms with Gasteiger partial charge in [-0.25, -0.2) is 0 Å². The summed E-state index contributed by atoms with van der Waals surface area (Å²) < 4.78 is 6.50. The molecule has 1 amide bonds. The van der Waals surface area contributed by atoms with Gasteiger partial charge in [-0.05, 0) is 42.2 Å². The molecule has 0 spiro atoms. The Balaban J connectivity index is 1.85. The van der Waals surface area contributed by atoms with Crippen molar-refractivity contribution in [2.75, 3.05) is 6.54 Å². The first kappa shape index (κ1) is 19.5. The lowest BCUT2D eigenvalue weighted by molar-refractivity contribution is -0.127. The van der Waals surface area contributed by atoms with E-state index >= 15 is 0 Å². The maximum absolute atomic E-state index is 12.2. The highest BCUT2D eigenvalue weighted by atomic mass is 79.9. The van der Waals surface area contributed by atoms with E-state index in [2.05, 4.69) is 35.1 Å². The lowest BCUT2D eigenvalue weighted by atomic mass is 10.00. The number of carbonyl (C=O) groups is 1. The number of benzene rings is 2. The Bertz CT molecular complexity index is 700. The van der Waals surface area contributed by atoms with Crippen molar-refractivity contribution in [3.05, 3.63) is 64.1 Å². The number of rotatable bonds is 7. The molecule has 0 aliphatic heterocycles. The smallest absolute Gasteiger partial charge is 0.260 e. The van der Waals surface area contributed by atoms with Crippen molar-refractivity contribution in [2.45, 2.75) is 38.9 Å². The number of aliphatic hydroxyl groups is 1. The normalized spacial score (nSPS) is 13.4. The van der Waals surface area contributed by atoms with E-state index in [-0.39, 0.29) is 12.5 Å². The number of halogens is 1. The molecule has 0 aromatic heterocycles. The third-order valence-electron chi connectivity index (χ3n) is 3.94. The van der Waals surface area contributed by atoms with Crippen LogP contribution in [-0.2, 0) is 4.79 Å². The van der Waals surface area contributed by atoms with Gasteiger partial charge in [0.25, 0.3) is 5.91 Å². The second kappa shape index (κ2) is 9.02. The van der Waals surface area contributed by atoms with Crippen LogP contribution in [0.5, 0.6) is 5.75 Å². The van der Waals surface area contributed by atoms with Crippen molar-refractivity contribution >= 4 is 21.8 Å². The van der Waals surface area contributed by atoms with E-state index in [0.29, 0.717) is 11.7 Å². The molecule has 2 unspecified atom stereocenters. The number of hydrogen-bond acceptors (Lipinski definition) is 3. The van der Waals surface area contributed by atoms with Gasteiger partial charge in [0.05, 0.1) is 6.10 Å². The number of ether oxygens (including phenoxy) is 1. The van der Waals surface area contributed by atoms with Gasteiger partial charge in [-0.2, -0.15) is 0 Å². The van der Waals surface area contributed by atoms with E-state index in [4.69, 9.17) is 4.74 Å². The number of aliphatic hydroxyl groups excluding tert-OH is 1. The van der Waals surface area contributed by atoms with E-state index in [9.17, 15) is 9.90 Å². The van der Waals surface area contributed by atoms with E-state index < -0.39 is 12.2 Å². The molecule has 2 atom stereocenters. The number of nitrogens with one attached hydrogen (secondary N) is 1. The van der Waals surface area contributed by atoms with Crippen molar-refractivity contribution in [1.82, 2.24) is 5.32 Å². The molecule has 4 nitrogen and oxygen atoms in total. The summed E-state index contributed by atoms with van der Waals surface area (Å²) in [6.45, 7) is 6.07. The Labute approximate surface area is 157 Å². The van der Waals surface area contributed by atoms with Crippen LogP contribution in [0, 0.1) is 0 Å². The van der Waals surface area contributed by atoms with Crippen LogP contribution in [-0.4, -0.2) is 23.7 Å². The zero-order chi connectivity index (χ0) is 18.4. The number of carbonyl (C=O) groups excluding carboxylic acids is 1. The zero-order valence-electron chi connectivity index (χ0n) is 14.7. The van der Waals surface area contributed by atoms with Gasteiger partial charge in [0, 0.05) is 11.0 Å². The molecule has 0 aliphatic carbocycles. The molecule has 0 bridgehead atoms. The Kier molecular flexibility index (Phi) is 7.02. The van der Waals surface area contributed by atoms with Crippen LogP contribution in [0.2, 0.25) is 0 Å². The Morgan fingerprint density at radius 1 is 1.12 bits per heavy atom. The van der Waals surface area contributed by atoms with Gasteiger partial charge in [-0.1, -0.05) is 60.1 Å². The lowest BCUT2D eigenvalue weighted by Gasteiger charge is -2.17. The number of amides is 1. The Hall–Kier alpha value is -1.85. The van der Waals surface area contributed by atoms with Gasteiger partial charge in [0.1, 0.15) is 5.75 Å². The van der Waals surface area contributed by atoms with Crippen molar-refractivity contribution in [3.63, 3.8) is 0 Å². The fourth-order valence-corrected chi connectivity index (χ4v) is 2.74. The SMILES string of the molecule is CC(Oc1cccc(Br)c1)C(=O)NCC(O)c1ccc(C(C)C)cc1. The summed E-state index contributed by atoms with van der Waals surface area (Å²) in [6.07, 6.45) is -1.40.